The molecule has 0 unspecified atom stereocenters. The lowest BCUT2D eigenvalue weighted by Crippen LogP contribution is -2.30. The van der Waals surface area contributed by atoms with E-state index in [0.29, 0.717) is 11.9 Å². The molecule has 0 fully saturated rings. The van der Waals surface area contributed by atoms with Crippen LogP contribution in [0.1, 0.15) is 11.3 Å². The number of H-pyrrole nitrogens is 1. The quantitative estimate of drug-likeness (QED) is 0.612. The maximum absolute atomic E-state index is 12.2. The zero-order chi connectivity index (χ0) is 11.1. The molecule has 2 aromatic rings. The average molecular weight is 216 g/mol. The number of hydrogen-bond acceptors (Lipinski definition) is 3. The predicted molar refractivity (Wildman–Crippen MR) is 61.6 cm³/mol. The summed E-state index contributed by atoms with van der Waals surface area (Å²) < 4.78 is 0. The molecular weight excluding hydrogens is 204 g/mol. The van der Waals surface area contributed by atoms with E-state index in [-0.39, 0.29) is 11.2 Å². The number of aromatic hydroxyl groups is 1. The van der Waals surface area contributed by atoms with Crippen LogP contribution < -0.4 is 10.7 Å². The van der Waals surface area contributed by atoms with Gasteiger partial charge in [0.1, 0.15) is 5.75 Å². The first-order valence-corrected chi connectivity index (χ1v) is 5.33. The summed E-state index contributed by atoms with van der Waals surface area (Å²) >= 11 is 0. The van der Waals surface area contributed by atoms with Crippen molar-refractivity contribution in [3.05, 3.63) is 39.7 Å². The van der Waals surface area contributed by atoms with Gasteiger partial charge in [-0.25, -0.2) is 0 Å². The predicted octanol–water partition coefficient (Wildman–Crippen LogP) is 0.879. The molecular formula is C12H12N2O2. The van der Waals surface area contributed by atoms with E-state index < -0.39 is 0 Å². The van der Waals surface area contributed by atoms with Crippen LogP contribution in [0.3, 0.4) is 0 Å². The Morgan fingerprint density at radius 1 is 1.31 bits per heavy atom. The van der Waals surface area contributed by atoms with Gasteiger partial charge in [-0.3, -0.25) is 4.79 Å². The Morgan fingerprint density at radius 3 is 3.06 bits per heavy atom. The molecule has 1 aromatic heterocycles. The van der Waals surface area contributed by atoms with Crippen LogP contribution in [-0.2, 0) is 13.0 Å². The minimum Gasteiger partial charge on any atom is -0.508 e. The van der Waals surface area contributed by atoms with Crippen LogP contribution >= 0.6 is 0 Å². The molecule has 0 spiro atoms. The molecule has 0 saturated heterocycles. The topological polar surface area (TPSA) is 65.1 Å². The fraction of sp³-hybridized carbons (Fsp3) is 0.250. The SMILES string of the molecule is O=c1c2c([nH]c3ccc(O)cc13)CCNC2. The van der Waals surface area contributed by atoms with E-state index in [9.17, 15) is 9.90 Å². The molecule has 1 aromatic carbocycles. The van der Waals surface area contributed by atoms with Crippen molar-refractivity contribution in [2.45, 2.75) is 13.0 Å². The second-order valence-electron chi connectivity index (χ2n) is 4.07. The highest BCUT2D eigenvalue weighted by molar-refractivity contribution is 5.81. The summed E-state index contributed by atoms with van der Waals surface area (Å²) in [5, 5.41) is 13.1. The molecule has 0 amide bonds. The van der Waals surface area contributed by atoms with Crippen molar-refractivity contribution in [3.63, 3.8) is 0 Å². The van der Waals surface area contributed by atoms with E-state index in [2.05, 4.69) is 10.3 Å². The number of aromatic amines is 1. The summed E-state index contributed by atoms with van der Waals surface area (Å²) in [6.45, 7) is 1.50. The number of phenols is 1. The summed E-state index contributed by atoms with van der Waals surface area (Å²) in [6, 6.07) is 4.85. The van der Waals surface area contributed by atoms with Crippen LogP contribution in [0.5, 0.6) is 5.75 Å². The maximum atomic E-state index is 12.2. The first-order valence-electron chi connectivity index (χ1n) is 5.33. The zero-order valence-electron chi connectivity index (χ0n) is 8.71. The Balaban J connectivity index is 2.40. The van der Waals surface area contributed by atoms with Crippen LogP contribution in [0.15, 0.2) is 23.0 Å². The van der Waals surface area contributed by atoms with Crippen LogP contribution in [0.2, 0.25) is 0 Å². The third-order valence-electron chi connectivity index (χ3n) is 3.03. The summed E-state index contributed by atoms with van der Waals surface area (Å²) in [7, 11) is 0. The zero-order valence-corrected chi connectivity index (χ0v) is 8.71. The Bertz CT molecular complexity index is 616. The number of phenolic OH excluding ortho intramolecular Hbond substituents is 1. The van der Waals surface area contributed by atoms with Gasteiger partial charge in [0, 0.05) is 41.7 Å². The van der Waals surface area contributed by atoms with Crippen molar-refractivity contribution in [1.29, 1.82) is 0 Å². The van der Waals surface area contributed by atoms with E-state index in [0.717, 1.165) is 29.7 Å². The average Bonchev–Trinajstić information content (AvgIpc) is 2.31. The molecule has 4 heteroatoms. The number of hydrogen-bond donors (Lipinski definition) is 3. The molecule has 3 N–H and O–H groups in total. The minimum absolute atomic E-state index is 0.0202. The normalized spacial score (nSPS) is 15.0. The second kappa shape index (κ2) is 3.35. The van der Waals surface area contributed by atoms with Gasteiger partial charge in [-0.15, -0.1) is 0 Å². The van der Waals surface area contributed by atoms with Crippen LogP contribution in [0.25, 0.3) is 10.9 Å². The number of rotatable bonds is 0. The molecule has 4 nitrogen and oxygen atoms in total. The molecule has 2 heterocycles. The fourth-order valence-corrected chi connectivity index (χ4v) is 2.19. The molecule has 16 heavy (non-hydrogen) atoms. The van der Waals surface area contributed by atoms with Gasteiger partial charge >= 0.3 is 0 Å². The van der Waals surface area contributed by atoms with E-state index in [1.54, 1.807) is 12.1 Å². The second-order valence-corrected chi connectivity index (χ2v) is 4.07. The molecule has 0 atom stereocenters. The van der Waals surface area contributed by atoms with Gasteiger partial charge in [0.05, 0.1) is 0 Å². The van der Waals surface area contributed by atoms with Crippen molar-refractivity contribution in [3.8, 4) is 5.75 Å². The standard InChI is InChI=1S/C12H12N2O2/c15-7-1-2-10-8(5-7)12(16)9-6-13-4-3-11(9)14-10/h1-2,5,13,15H,3-4,6H2,(H,14,16). The number of pyridine rings is 1. The Hall–Kier alpha value is -1.81. The Morgan fingerprint density at radius 2 is 2.19 bits per heavy atom. The van der Waals surface area contributed by atoms with E-state index in [4.69, 9.17) is 0 Å². The maximum Gasteiger partial charge on any atom is 0.194 e. The first kappa shape index (κ1) is 9.42. The molecule has 0 radical (unpaired) electrons. The smallest absolute Gasteiger partial charge is 0.194 e. The summed E-state index contributed by atoms with van der Waals surface area (Å²) in [6.07, 6.45) is 0.849. The van der Waals surface area contributed by atoms with Gasteiger partial charge in [0.25, 0.3) is 0 Å². The third kappa shape index (κ3) is 1.31. The number of nitrogens with one attached hydrogen (secondary N) is 2. The molecule has 0 bridgehead atoms. The highest BCUT2D eigenvalue weighted by Gasteiger charge is 2.15. The van der Waals surface area contributed by atoms with Crippen LogP contribution in [-0.4, -0.2) is 16.6 Å². The summed E-state index contributed by atoms with van der Waals surface area (Å²) in [5.74, 6) is 0.127. The molecule has 1 aliphatic rings. The fourth-order valence-electron chi connectivity index (χ4n) is 2.19. The number of fused-ring (bicyclic) bond motifs is 2. The highest BCUT2D eigenvalue weighted by Crippen LogP contribution is 2.18. The van der Waals surface area contributed by atoms with E-state index in [1.165, 1.54) is 6.07 Å². The van der Waals surface area contributed by atoms with Crippen molar-refractivity contribution in [2.24, 2.45) is 0 Å². The summed E-state index contributed by atoms with van der Waals surface area (Å²) in [5.41, 5.74) is 2.63. The van der Waals surface area contributed by atoms with Crippen molar-refractivity contribution in [2.75, 3.05) is 6.54 Å². The van der Waals surface area contributed by atoms with Gasteiger partial charge in [0.15, 0.2) is 5.43 Å². The van der Waals surface area contributed by atoms with Gasteiger partial charge in [-0.2, -0.15) is 0 Å². The molecule has 0 saturated carbocycles. The monoisotopic (exact) mass is 216 g/mol. The first-order chi connectivity index (χ1) is 7.75. The molecule has 1 aliphatic heterocycles. The van der Waals surface area contributed by atoms with Gasteiger partial charge < -0.3 is 15.4 Å². The largest absolute Gasteiger partial charge is 0.508 e. The molecule has 3 rings (SSSR count). The Labute approximate surface area is 91.9 Å². The lowest BCUT2D eigenvalue weighted by atomic mass is 10.0. The number of benzene rings is 1. The van der Waals surface area contributed by atoms with Crippen molar-refractivity contribution in [1.82, 2.24) is 10.3 Å². The summed E-state index contributed by atoms with van der Waals surface area (Å²) in [4.78, 5) is 15.4. The highest BCUT2D eigenvalue weighted by atomic mass is 16.3. The van der Waals surface area contributed by atoms with Gasteiger partial charge in [-0.1, -0.05) is 0 Å². The molecule has 82 valence electrons. The Kier molecular flexibility index (Phi) is 1.97. The molecule has 0 aliphatic carbocycles. The van der Waals surface area contributed by atoms with E-state index in [1.807, 2.05) is 0 Å². The number of aromatic nitrogens is 1. The van der Waals surface area contributed by atoms with Crippen molar-refractivity contribution < 1.29 is 5.11 Å². The minimum atomic E-state index is 0.0202. The third-order valence-corrected chi connectivity index (χ3v) is 3.03. The van der Waals surface area contributed by atoms with E-state index >= 15 is 0 Å². The van der Waals surface area contributed by atoms with Gasteiger partial charge in [-0.05, 0) is 18.2 Å². The van der Waals surface area contributed by atoms with Crippen LogP contribution in [0, 0.1) is 0 Å². The van der Waals surface area contributed by atoms with Crippen molar-refractivity contribution >= 4 is 10.9 Å². The van der Waals surface area contributed by atoms with Gasteiger partial charge in [0.2, 0.25) is 0 Å². The lowest BCUT2D eigenvalue weighted by molar-refractivity contribution is 0.476. The lowest BCUT2D eigenvalue weighted by Gasteiger charge is -2.17. The van der Waals surface area contributed by atoms with Crippen LogP contribution in [0.4, 0.5) is 0 Å².